The van der Waals surface area contributed by atoms with Crippen molar-refractivity contribution in [1.82, 2.24) is 0 Å². The molecule has 0 fully saturated rings. The average molecular weight is 279 g/mol. The number of primary amides is 1. The fourth-order valence-electron chi connectivity index (χ4n) is 1.61. The number of halogens is 2. The zero-order valence-corrected chi connectivity index (χ0v) is 10.3. The summed E-state index contributed by atoms with van der Waals surface area (Å²) in [7, 11) is 0. The van der Waals surface area contributed by atoms with E-state index in [0.717, 1.165) is 12.1 Å². The molecular weight excluding hydrogens is 268 g/mol. The average Bonchev–Trinajstić information content (AvgIpc) is 2.43. The van der Waals surface area contributed by atoms with E-state index in [1.54, 1.807) is 0 Å². The number of carbonyl (C=O) groups excluding carboxylic acids is 1. The molecule has 2 aromatic carbocycles. The smallest absolute Gasteiger partial charge is 0.248 e. The Labute approximate surface area is 113 Å². The van der Waals surface area contributed by atoms with E-state index in [2.05, 4.69) is 0 Å². The molecule has 20 heavy (non-hydrogen) atoms. The van der Waals surface area contributed by atoms with Gasteiger partial charge in [-0.1, -0.05) is 0 Å². The highest BCUT2D eigenvalue weighted by molar-refractivity contribution is 5.92. The Morgan fingerprint density at radius 1 is 1.15 bits per heavy atom. The molecule has 0 bridgehead atoms. The zero-order valence-electron chi connectivity index (χ0n) is 10.3. The molecule has 3 N–H and O–H groups in total. The van der Waals surface area contributed by atoms with E-state index in [1.807, 2.05) is 0 Å². The van der Waals surface area contributed by atoms with Crippen LogP contribution in [0.3, 0.4) is 0 Å². The van der Waals surface area contributed by atoms with Crippen LogP contribution in [0.2, 0.25) is 0 Å². The van der Waals surface area contributed by atoms with Gasteiger partial charge in [-0.15, -0.1) is 0 Å². The lowest BCUT2D eigenvalue weighted by Gasteiger charge is -2.09. The minimum atomic E-state index is -0.923. The molecule has 104 valence electrons. The SMILES string of the molecule is NC(=O)c1ccc(Oc2c(F)cc(CO)cc2F)cc1. The van der Waals surface area contributed by atoms with E-state index < -0.39 is 29.9 Å². The number of aliphatic hydroxyl groups excluding tert-OH is 1. The van der Waals surface area contributed by atoms with Gasteiger partial charge in [0.25, 0.3) is 0 Å². The maximum Gasteiger partial charge on any atom is 0.248 e. The summed E-state index contributed by atoms with van der Waals surface area (Å²) < 4.78 is 32.4. The fourth-order valence-corrected chi connectivity index (χ4v) is 1.61. The number of hydrogen-bond acceptors (Lipinski definition) is 3. The quantitative estimate of drug-likeness (QED) is 0.902. The lowest BCUT2D eigenvalue weighted by atomic mass is 10.2. The van der Waals surface area contributed by atoms with E-state index in [4.69, 9.17) is 15.6 Å². The molecule has 2 rings (SSSR count). The van der Waals surface area contributed by atoms with Crippen LogP contribution in [0.1, 0.15) is 15.9 Å². The molecule has 0 unspecified atom stereocenters. The molecule has 4 nitrogen and oxygen atoms in total. The number of carbonyl (C=O) groups is 1. The Morgan fingerprint density at radius 3 is 2.15 bits per heavy atom. The van der Waals surface area contributed by atoms with Crippen LogP contribution in [0.4, 0.5) is 8.78 Å². The maximum absolute atomic E-state index is 13.6. The monoisotopic (exact) mass is 279 g/mol. The van der Waals surface area contributed by atoms with Crippen molar-refractivity contribution in [2.24, 2.45) is 5.73 Å². The van der Waals surface area contributed by atoms with Crippen molar-refractivity contribution in [1.29, 1.82) is 0 Å². The second kappa shape index (κ2) is 5.66. The van der Waals surface area contributed by atoms with E-state index >= 15 is 0 Å². The third-order valence-electron chi connectivity index (χ3n) is 2.60. The Kier molecular flexibility index (Phi) is 3.95. The fraction of sp³-hybridized carbons (Fsp3) is 0.0714. The molecule has 0 aromatic heterocycles. The van der Waals surface area contributed by atoms with Crippen LogP contribution in [0.25, 0.3) is 0 Å². The van der Waals surface area contributed by atoms with Crippen LogP contribution in [-0.2, 0) is 6.61 Å². The highest BCUT2D eigenvalue weighted by Gasteiger charge is 2.13. The molecule has 0 aliphatic rings. The first-order valence-corrected chi connectivity index (χ1v) is 5.67. The summed E-state index contributed by atoms with van der Waals surface area (Å²) in [6.45, 7) is -0.471. The second-order valence-electron chi connectivity index (χ2n) is 4.04. The highest BCUT2D eigenvalue weighted by Crippen LogP contribution is 2.28. The first-order chi connectivity index (χ1) is 9.51. The molecule has 0 heterocycles. The van der Waals surface area contributed by atoms with Crippen molar-refractivity contribution in [2.45, 2.75) is 6.61 Å². The topological polar surface area (TPSA) is 72.6 Å². The highest BCUT2D eigenvalue weighted by atomic mass is 19.1. The molecule has 2 aromatic rings. The van der Waals surface area contributed by atoms with Gasteiger partial charge in [-0.05, 0) is 42.0 Å². The first-order valence-electron chi connectivity index (χ1n) is 5.67. The van der Waals surface area contributed by atoms with Gasteiger partial charge in [-0.25, -0.2) is 8.78 Å². The second-order valence-corrected chi connectivity index (χ2v) is 4.04. The van der Waals surface area contributed by atoms with Crippen LogP contribution >= 0.6 is 0 Å². The molecule has 0 saturated heterocycles. The van der Waals surface area contributed by atoms with Gasteiger partial charge in [0.2, 0.25) is 5.91 Å². The molecule has 0 spiro atoms. The number of amides is 1. The number of rotatable bonds is 4. The predicted molar refractivity (Wildman–Crippen MR) is 67.3 cm³/mol. The first kappa shape index (κ1) is 14.0. The van der Waals surface area contributed by atoms with Crippen molar-refractivity contribution < 1.29 is 23.4 Å². The molecule has 0 aliphatic heterocycles. The van der Waals surface area contributed by atoms with E-state index in [9.17, 15) is 13.6 Å². The van der Waals surface area contributed by atoms with E-state index in [0.29, 0.717) is 0 Å². The summed E-state index contributed by atoms with van der Waals surface area (Å²) >= 11 is 0. The number of hydrogen-bond donors (Lipinski definition) is 2. The summed E-state index contributed by atoms with van der Waals surface area (Å²) in [4.78, 5) is 10.9. The molecule has 6 heteroatoms. The Morgan fingerprint density at radius 2 is 1.70 bits per heavy atom. The number of nitrogens with two attached hydrogens (primary N) is 1. The van der Waals surface area contributed by atoms with Crippen LogP contribution in [0.5, 0.6) is 11.5 Å². The summed E-state index contributed by atoms with van der Waals surface area (Å²) in [6.07, 6.45) is 0. The minimum absolute atomic E-state index is 0.108. The summed E-state index contributed by atoms with van der Waals surface area (Å²) in [5.41, 5.74) is 5.44. The molecule has 0 saturated carbocycles. The van der Waals surface area contributed by atoms with Crippen molar-refractivity contribution in [3.63, 3.8) is 0 Å². The number of ether oxygens (including phenoxy) is 1. The molecule has 1 amide bonds. The van der Waals surface area contributed by atoms with Crippen molar-refractivity contribution >= 4 is 5.91 Å². The normalized spacial score (nSPS) is 10.3. The minimum Gasteiger partial charge on any atom is -0.451 e. The van der Waals surface area contributed by atoms with Crippen LogP contribution < -0.4 is 10.5 Å². The van der Waals surface area contributed by atoms with Gasteiger partial charge in [-0.3, -0.25) is 4.79 Å². The van der Waals surface area contributed by atoms with Gasteiger partial charge in [0.05, 0.1) is 6.61 Å². The van der Waals surface area contributed by atoms with Crippen molar-refractivity contribution in [3.05, 3.63) is 59.2 Å². The van der Waals surface area contributed by atoms with Crippen LogP contribution in [0.15, 0.2) is 36.4 Å². The van der Waals surface area contributed by atoms with Gasteiger partial charge in [0.15, 0.2) is 17.4 Å². The third-order valence-corrected chi connectivity index (χ3v) is 2.60. The number of benzene rings is 2. The standard InChI is InChI=1S/C14H11F2NO3/c15-11-5-8(7-18)6-12(16)13(11)20-10-3-1-9(2-4-10)14(17)19/h1-6,18H,7H2,(H2,17,19). The lowest BCUT2D eigenvalue weighted by Crippen LogP contribution is -2.10. The molecule has 0 atom stereocenters. The Bertz CT molecular complexity index is 618. The lowest BCUT2D eigenvalue weighted by molar-refractivity contribution is 0.100. The Balaban J connectivity index is 2.28. The van der Waals surface area contributed by atoms with Gasteiger partial charge in [-0.2, -0.15) is 0 Å². The number of aliphatic hydroxyl groups is 1. The Hall–Kier alpha value is -2.47. The predicted octanol–water partition coefficient (Wildman–Crippen LogP) is 2.35. The zero-order chi connectivity index (χ0) is 14.7. The maximum atomic E-state index is 13.6. The van der Waals surface area contributed by atoms with E-state index in [1.165, 1.54) is 24.3 Å². The van der Waals surface area contributed by atoms with Gasteiger partial charge < -0.3 is 15.6 Å². The van der Waals surface area contributed by atoms with Crippen LogP contribution in [0, 0.1) is 11.6 Å². The van der Waals surface area contributed by atoms with Crippen molar-refractivity contribution in [2.75, 3.05) is 0 Å². The van der Waals surface area contributed by atoms with Gasteiger partial charge in [0.1, 0.15) is 5.75 Å². The largest absolute Gasteiger partial charge is 0.451 e. The third kappa shape index (κ3) is 2.92. The summed E-state index contributed by atoms with van der Waals surface area (Å²) in [6, 6.07) is 7.48. The molecule has 0 aliphatic carbocycles. The summed E-state index contributed by atoms with van der Waals surface area (Å²) in [5, 5.41) is 8.83. The van der Waals surface area contributed by atoms with Gasteiger partial charge >= 0.3 is 0 Å². The van der Waals surface area contributed by atoms with Gasteiger partial charge in [0, 0.05) is 5.56 Å². The van der Waals surface area contributed by atoms with E-state index in [-0.39, 0.29) is 16.9 Å². The van der Waals surface area contributed by atoms with Crippen molar-refractivity contribution in [3.8, 4) is 11.5 Å². The molecule has 0 radical (unpaired) electrons. The molecular formula is C14H11F2NO3. The summed E-state index contributed by atoms with van der Waals surface area (Å²) in [5.74, 6) is -2.87. The van der Waals surface area contributed by atoms with Crippen LogP contribution in [-0.4, -0.2) is 11.0 Å².